The molecule has 0 saturated carbocycles. The first kappa shape index (κ1) is 15.6. The van der Waals surface area contributed by atoms with Crippen molar-refractivity contribution >= 4 is 39.0 Å². The molecule has 114 valence electrons. The minimum Gasteiger partial charge on any atom is -0.387 e. The van der Waals surface area contributed by atoms with Crippen LogP contribution in [0, 0.1) is 6.92 Å². The number of nitrogens with zero attached hydrogens (tertiary/aromatic N) is 2. The molecule has 0 saturated heterocycles. The van der Waals surface area contributed by atoms with Gasteiger partial charge in [-0.15, -0.1) is 11.3 Å². The van der Waals surface area contributed by atoms with Crippen LogP contribution in [0.4, 0.5) is 0 Å². The van der Waals surface area contributed by atoms with Gasteiger partial charge in [0.2, 0.25) is 0 Å². The largest absolute Gasteiger partial charge is 0.387 e. The molecule has 0 fully saturated rings. The Morgan fingerprint density at radius 1 is 1.52 bits per heavy atom. The number of thioether (sulfide) groups is 1. The zero-order chi connectivity index (χ0) is 15.0. The fourth-order valence-corrected chi connectivity index (χ4v) is 5.49. The Morgan fingerprint density at radius 2 is 2.33 bits per heavy atom. The van der Waals surface area contributed by atoms with E-state index in [1.54, 1.807) is 11.3 Å². The van der Waals surface area contributed by atoms with Gasteiger partial charge in [-0.3, -0.25) is 4.68 Å². The van der Waals surface area contributed by atoms with Crippen molar-refractivity contribution in [2.75, 3.05) is 5.75 Å². The van der Waals surface area contributed by atoms with Crippen LogP contribution in [0.25, 0.3) is 0 Å². The quantitative estimate of drug-likeness (QED) is 0.859. The highest BCUT2D eigenvalue weighted by Gasteiger charge is 2.21. The van der Waals surface area contributed by atoms with Crippen molar-refractivity contribution in [1.82, 2.24) is 9.78 Å². The predicted molar refractivity (Wildman–Crippen MR) is 93.2 cm³/mol. The van der Waals surface area contributed by atoms with Gasteiger partial charge >= 0.3 is 0 Å². The minimum atomic E-state index is -0.441. The second kappa shape index (κ2) is 6.44. The van der Waals surface area contributed by atoms with Crippen molar-refractivity contribution in [3.63, 3.8) is 0 Å². The maximum absolute atomic E-state index is 10.6. The summed E-state index contributed by atoms with van der Waals surface area (Å²) >= 11 is 7.37. The Bertz CT molecular complexity index is 627. The van der Waals surface area contributed by atoms with Gasteiger partial charge in [-0.25, -0.2) is 0 Å². The molecule has 21 heavy (non-hydrogen) atoms. The maximum Gasteiger partial charge on any atom is 0.0937 e. The molecule has 0 bridgehead atoms. The lowest BCUT2D eigenvalue weighted by molar-refractivity contribution is 0.179. The van der Waals surface area contributed by atoms with Gasteiger partial charge in [0.15, 0.2) is 0 Å². The monoisotopic (exact) mass is 386 g/mol. The Hall–Kier alpha value is -0.300. The molecule has 3 heterocycles. The number of halogens is 1. The van der Waals surface area contributed by atoms with Crippen LogP contribution in [0.5, 0.6) is 0 Å². The van der Waals surface area contributed by atoms with E-state index in [9.17, 15) is 5.11 Å². The summed E-state index contributed by atoms with van der Waals surface area (Å²) in [5.41, 5.74) is 3.49. The Morgan fingerprint density at radius 3 is 3.05 bits per heavy atom. The van der Waals surface area contributed by atoms with Crippen molar-refractivity contribution in [2.24, 2.45) is 0 Å². The van der Waals surface area contributed by atoms with E-state index in [0.717, 1.165) is 39.5 Å². The lowest BCUT2D eigenvalue weighted by Crippen LogP contribution is -2.08. The van der Waals surface area contributed by atoms with E-state index in [0.29, 0.717) is 6.42 Å². The summed E-state index contributed by atoms with van der Waals surface area (Å²) in [5.74, 6) is 2.30. The first-order valence-corrected chi connectivity index (χ1v) is 9.95. The third-order valence-electron chi connectivity index (χ3n) is 3.81. The number of thiophene rings is 1. The minimum absolute atomic E-state index is 0.441. The molecule has 0 aromatic carbocycles. The molecular weight excluding hydrogens is 368 g/mol. The summed E-state index contributed by atoms with van der Waals surface area (Å²) in [7, 11) is 0. The molecule has 3 rings (SSSR count). The molecule has 2 aromatic heterocycles. The Balaban J connectivity index is 1.83. The number of aliphatic hydroxyl groups excluding tert-OH is 1. The van der Waals surface area contributed by atoms with E-state index in [1.807, 2.05) is 23.4 Å². The van der Waals surface area contributed by atoms with Crippen molar-refractivity contribution in [3.8, 4) is 0 Å². The molecule has 1 unspecified atom stereocenters. The fourth-order valence-electron chi connectivity index (χ4n) is 2.68. The van der Waals surface area contributed by atoms with Gasteiger partial charge in [-0.2, -0.15) is 16.9 Å². The van der Waals surface area contributed by atoms with Crippen molar-refractivity contribution < 1.29 is 5.11 Å². The number of rotatable bonds is 4. The van der Waals surface area contributed by atoms with Gasteiger partial charge < -0.3 is 5.11 Å². The van der Waals surface area contributed by atoms with Crippen molar-refractivity contribution in [3.05, 3.63) is 37.2 Å². The third kappa shape index (κ3) is 3.09. The first-order chi connectivity index (χ1) is 10.1. The molecule has 2 aromatic rings. The van der Waals surface area contributed by atoms with Gasteiger partial charge in [-0.05, 0) is 53.6 Å². The summed E-state index contributed by atoms with van der Waals surface area (Å²) in [5, 5.41) is 15.1. The first-order valence-electron chi connectivity index (χ1n) is 7.19. The smallest absolute Gasteiger partial charge is 0.0937 e. The molecule has 0 aliphatic carbocycles. The highest BCUT2D eigenvalue weighted by atomic mass is 79.9. The summed E-state index contributed by atoms with van der Waals surface area (Å²) in [6.45, 7) is 4.90. The molecule has 0 amide bonds. The van der Waals surface area contributed by atoms with E-state index < -0.39 is 6.10 Å². The van der Waals surface area contributed by atoms with E-state index in [-0.39, 0.29) is 0 Å². The Kier molecular flexibility index (Phi) is 4.78. The second-order valence-corrected chi connectivity index (χ2v) is 8.35. The van der Waals surface area contributed by atoms with Crippen LogP contribution in [0.15, 0.2) is 10.5 Å². The van der Waals surface area contributed by atoms with Gasteiger partial charge in [-0.1, -0.05) is 0 Å². The van der Waals surface area contributed by atoms with Gasteiger partial charge in [0, 0.05) is 28.5 Å². The highest BCUT2D eigenvalue weighted by Crippen LogP contribution is 2.36. The molecule has 6 heteroatoms. The Labute approximate surface area is 141 Å². The lowest BCUT2D eigenvalue weighted by Gasteiger charge is -2.10. The molecule has 1 aliphatic heterocycles. The number of aryl methyl sites for hydroxylation is 3. The zero-order valence-electron chi connectivity index (χ0n) is 12.2. The molecular formula is C15H19BrN2OS2. The molecule has 1 aliphatic rings. The lowest BCUT2D eigenvalue weighted by atomic mass is 10.1. The number of hydrogen-bond acceptors (Lipinski definition) is 4. The number of aliphatic hydroxyl groups is 1. The van der Waals surface area contributed by atoms with E-state index in [4.69, 9.17) is 0 Å². The average Bonchev–Trinajstić information content (AvgIpc) is 3.03. The normalized spacial score (nSPS) is 16.0. The number of aromatic nitrogens is 2. The summed E-state index contributed by atoms with van der Waals surface area (Å²) in [6, 6.07) is 2.20. The summed E-state index contributed by atoms with van der Waals surface area (Å²) in [6.07, 6.45) is 1.32. The van der Waals surface area contributed by atoms with Gasteiger partial charge in [0.1, 0.15) is 0 Å². The van der Waals surface area contributed by atoms with E-state index in [1.165, 1.54) is 16.2 Å². The second-order valence-electron chi connectivity index (χ2n) is 5.28. The maximum atomic E-state index is 10.6. The van der Waals surface area contributed by atoms with Crippen LogP contribution in [-0.4, -0.2) is 20.6 Å². The van der Waals surface area contributed by atoms with Crippen LogP contribution in [-0.2, 0) is 25.1 Å². The number of fused-ring (bicyclic) bond motifs is 1. The van der Waals surface area contributed by atoms with Crippen LogP contribution in [0.1, 0.15) is 39.7 Å². The van der Waals surface area contributed by atoms with E-state index in [2.05, 4.69) is 34.0 Å². The van der Waals surface area contributed by atoms with E-state index >= 15 is 0 Å². The van der Waals surface area contributed by atoms with Crippen LogP contribution >= 0.6 is 39.0 Å². The summed E-state index contributed by atoms with van der Waals surface area (Å²) in [4.78, 5) is 2.55. The third-order valence-corrected chi connectivity index (χ3v) is 7.19. The van der Waals surface area contributed by atoms with Crippen molar-refractivity contribution in [1.29, 1.82) is 0 Å². The van der Waals surface area contributed by atoms with Gasteiger partial charge in [0.05, 0.1) is 22.0 Å². The average molecular weight is 387 g/mol. The van der Waals surface area contributed by atoms with Crippen LogP contribution < -0.4 is 0 Å². The topological polar surface area (TPSA) is 38.0 Å². The fraction of sp³-hybridized carbons (Fsp3) is 0.533. The SMILES string of the molecule is CCn1nc(C)c(Br)c1CC(O)c1cc2c(s1)CCSC2. The molecule has 0 radical (unpaired) electrons. The van der Waals surface area contributed by atoms with Gasteiger partial charge in [0.25, 0.3) is 0 Å². The summed E-state index contributed by atoms with van der Waals surface area (Å²) < 4.78 is 3.01. The molecule has 0 spiro atoms. The number of hydrogen-bond donors (Lipinski definition) is 1. The molecule has 3 nitrogen and oxygen atoms in total. The molecule has 1 atom stereocenters. The van der Waals surface area contributed by atoms with Crippen LogP contribution in [0.2, 0.25) is 0 Å². The molecule has 1 N–H and O–H groups in total. The van der Waals surface area contributed by atoms with Crippen molar-refractivity contribution in [2.45, 2.75) is 45.1 Å². The van der Waals surface area contributed by atoms with Crippen LogP contribution in [0.3, 0.4) is 0 Å². The zero-order valence-corrected chi connectivity index (χ0v) is 15.4. The predicted octanol–water partition coefficient (Wildman–Crippen LogP) is 4.10. The standard InChI is InChI=1S/C15H19BrN2OS2/c1-3-18-11(15(16)9(2)17-18)7-12(19)14-6-10-8-20-5-4-13(10)21-14/h6,12,19H,3-5,7-8H2,1-2H3. The highest BCUT2D eigenvalue weighted by molar-refractivity contribution is 9.10.